The maximum Gasteiger partial charge on any atom is 0.322 e. The molecule has 4 rings (SSSR count). The van der Waals surface area contributed by atoms with Crippen LogP contribution in [0, 0.1) is 5.92 Å². The molecule has 33 heavy (non-hydrogen) atoms. The summed E-state index contributed by atoms with van der Waals surface area (Å²) in [5.74, 6) is 0.296. The molecular weight excluding hydrogens is 459 g/mol. The van der Waals surface area contributed by atoms with E-state index >= 15 is 0 Å². The van der Waals surface area contributed by atoms with Crippen molar-refractivity contribution < 1.29 is 9.90 Å². The van der Waals surface area contributed by atoms with Gasteiger partial charge in [0.25, 0.3) is 0 Å². The molecule has 6 nitrogen and oxygen atoms in total. The van der Waals surface area contributed by atoms with Crippen molar-refractivity contribution in [3.05, 3.63) is 51.5 Å². The highest BCUT2D eigenvalue weighted by atomic mass is 35.5. The SMILES string of the molecule is C=Nc1ccc(-c2cc(Cl)c(O)c(Cl)c2)cc1C1=C(C)CNC(=O)N1CC1CCN(C)CC1. The van der Waals surface area contributed by atoms with Crippen LogP contribution in [0.5, 0.6) is 5.75 Å². The zero-order valence-corrected chi connectivity index (χ0v) is 20.4. The Morgan fingerprint density at radius 2 is 1.82 bits per heavy atom. The number of hydrogen-bond acceptors (Lipinski definition) is 4. The van der Waals surface area contributed by atoms with E-state index in [1.165, 1.54) is 0 Å². The molecule has 2 N–H and O–H groups in total. The highest BCUT2D eigenvalue weighted by molar-refractivity contribution is 6.37. The predicted octanol–water partition coefficient (Wildman–Crippen LogP) is 5.80. The molecule has 8 heteroatoms. The fraction of sp³-hybridized carbons (Fsp3) is 0.360. The molecule has 1 saturated heterocycles. The third-order valence-corrected chi connectivity index (χ3v) is 7.05. The molecule has 2 aliphatic heterocycles. The van der Waals surface area contributed by atoms with Gasteiger partial charge in [0.2, 0.25) is 0 Å². The Balaban J connectivity index is 1.76. The van der Waals surface area contributed by atoms with Gasteiger partial charge in [-0.15, -0.1) is 0 Å². The summed E-state index contributed by atoms with van der Waals surface area (Å²) in [7, 11) is 2.13. The van der Waals surface area contributed by atoms with Crippen molar-refractivity contribution in [1.29, 1.82) is 0 Å². The lowest BCUT2D eigenvalue weighted by molar-refractivity contribution is 0.179. The molecule has 174 valence electrons. The number of amides is 2. The second kappa shape index (κ2) is 9.75. The van der Waals surface area contributed by atoms with Crippen LogP contribution in [0.3, 0.4) is 0 Å². The number of phenolic OH excluding ortho intramolecular Hbond substituents is 1. The normalized spacial score (nSPS) is 17.9. The van der Waals surface area contributed by atoms with Gasteiger partial charge in [-0.05, 0) is 93.5 Å². The number of halogens is 2. The highest BCUT2D eigenvalue weighted by Gasteiger charge is 2.30. The second-order valence-corrected chi connectivity index (χ2v) is 9.64. The van der Waals surface area contributed by atoms with Gasteiger partial charge in [0.05, 0.1) is 21.4 Å². The van der Waals surface area contributed by atoms with Crippen LogP contribution in [0.15, 0.2) is 40.9 Å². The van der Waals surface area contributed by atoms with Gasteiger partial charge in [0, 0.05) is 18.7 Å². The Morgan fingerprint density at radius 1 is 1.15 bits per heavy atom. The number of hydrogen-bond donors (Lipinski definition) is 2. The fourth-order valence-corrected chi connectivity index (χ4v) is 5.03. The van der Waals surface area contributed by atoms with E-state index in [1.54, 1.807) is 12.1 Å². The number of carbonyl (C=O) groups excluding carboxylic acids is 1. The molecule has 0 aromatic heterocycles. The van der Waals surface area contributed by atoms with E-state index < -0.39 is 0 Å². The molecule has 0 spiro atoms. The first-order chi connectivity index (χ1) is 15.8. The van der Waals surface area contributed by atoms with Crippen LogP contribution in [-0.4, -0.2) is 60.9 Å². The van der Waals surface area contributed by atoms with E-state index in [9.17, 15) is 9.90 Å². The lowest BCUT2D eigenvalue weighted by atomic mass is 9.93. The van der Waals surface area contributed by atoms with Crippen molar-refractivity contribution in [1.82, 2.24) is 15.1 Å². The highest BCUT2D eigenvalue weighted by Crippen LogP contribution is 2.40. The van der Waals surface area contributed by atoms with E-state index in [1.807, 2.05) is 30.0 Å². The number of rotatable bonds is 5. The van der Waals surface area contributed by atoms with Crippen LogP contribution in [0.25, 0.3) is 16.8 Å². The predicted molar refractivity (Wildman–Crippen MR) is 136 cm³/mol. The Hall–Kier alpha value is -2.54. The molecule has 2 amide bonds. The number of aromatic hydroxyl groups is 1. The smallest absolute Gasteiger partial charge is 0.322 e. The van der Waals surface area contributed by atoms with E-state index in [2.05, 4.69) is 29.0 Å². The van der Waals surface area contributed by atoms with Crippen LogP contribution in [-0.2, 0) is 0 Å². The van der Waals surface area contributed by atoms with Crippen LogP contribution < -0.4 is 5.32 Å². The first-order valence-electron chi connectivity index (χ1n) is 11.0. The average molecular weight is 487 g/mol. The number of benzene rings is 2. The van der Waals surface area contributed by atoms with Crippen molar-refractivity contribution in [3.8, 4) is 16.9 Å². The average Bonchev–Trinajstić information content (AvgIpc) is 2.80. The number of nitrogens with zero attached hydrogens (tertiary/aromatic N) is 3. The minimum absolute atomic E-state index is 0.0920. The zero-order valence-electron chi connectivity index (χ0n) is 18.9. The fourth-order valence-electron chi connectivity index (χ4n) is 4.55. The molecule has 1 fully saturated rings. The summed E-state index contributed by atoms with van der Waals surface area (Å²) in [6.45, 7) is 8.99. The van der Waals surface area contributed by atoms with E-state index in [0.29, 0.717) is 24.7 Å². The summed E-state index contributed by atoms with van der Waals surface area (Å²) < 4.78 is 0. The molecule has 2 heterocycles. The molecule has 2 aromatic carbocycles. The lowest BCUT2D eigenvalue weighted by Gasteiger charge is -2.37. The van der Waals surface area contributed by atoms with E-state index in [-0.39, 0.29) is 21.8 Å². The van der Waals surface area contributed by atoms with Gasteiger partial charge in [-0.25, -0.2) is 4.79 Å². The number of piperidine rings is 1. The quantitative estimate of drug-likeness (QED) is 0.524. The summed E-state index contributed by atoms with van der Waals surface area (Å²) in [6, 6.07) is 9.04. The molecule has 2 aliphatic rings. The number of likely N-dealkylation sites (tertiary alicyclic amines) is 1. The first kappa shape index (κ1) is 23.6. The molecule has 0 aliphatic carbocycles. The molecule has 2 aromatic rings. The summed E-state index contributed by atoms with van der Waals surface area (Å²) in [5, 5.41) is 13.3. The third kappa shape index (κ3) is 4.88. The number of carbonyl (C=O) groups is 1. The standard InChI is InChI=1S/C25H28Cl2N4O2/c1-15-13-29-25(33)31(14-16-6-8-30(3)9-7-16)23(15)19-10-17(4-5-22(19)28-2)18-11-20(26)24(32)21(27)12-18/h4-5,10-12,16,32H,2,6-9,13-14H2,1,3H3,(H,29,33). The van der Waals surface area contributed by atoms with Crippen LogP contribution in [0.1, 0.15) is 25.3 Å². The topological polar surface area (TPSA) is 68.2 Å². The van der Waals surface area contributed by atoms with Crippen molar-refractivity contribution in [2.45, 2.75) is 19.8 Å². The Kier molecular flexibility index (Phi) is 6.98. The monoisotopic (exact) mass is 486 g/mol. The van der Waals surface area contributed by atoms with Crippen molar-refractivity contribution in [3.63, 3.8) is 0 Å². The van der Waals surface area contributed by atoms with Gasteiger partial charge >= 0.3 is 6.03 Å². The van der Waals surface area contributed by atoms with Crippen molar-refractivity contribution in [2.75, 3.05) is 33.2 Å². The van der Waals surface area contributed by atoms with Crippen molar-refractivity contribution in [2.24, 2.45) is 10.9 Å². The number of urea groups is 1. The summed E-state index contributed by atoms with van der Waals surface area (Å²) in [4.78, 5) is 21.4. The van der Waals surface area contributed by atoms with E-state index in [0.717, 1.165) is 53.9 Å². The third-order valence-electron chi connectivity index (χ3n) is 6.48. The second-order valence-electron chi connectivity index (χ2n) is 8.82. The van der Waals surface area contributed by atoms with E-state index in [4.69, 9.17) is 23.2 Å². The maximum atomic E-state index is 13.0. The summed E-state index contributed by atoms with van der Waals surface area (Å²) in [6.07, 6.45) is 2.12. The van der Waals surface area contributed by atoms with Gasteiger partial charge in [0.15, 0.2) is 5.75 Å². The van der Waals surface area contributed by atoms with Gasteiger partial charge < -0.3 is 15.3 Å². The summed E-state index contributed by atoms with van der Waals surface area (Å²) in [5.41, 5.74) is 5.09. The minimum Gasteiger partial charge on any atom is -0.505 e. The number of aliphatic imine (C=N–C) groups is 1. The molecule has 0 saturated carbocycles. The number of nitrogens with one attached hydrogen (secondary N) is 1. The van der Waals surface area contributed by atoms with Crippen molar-refractivity contribution >= 4 is 47.3 Å². The van der Waals surface area contributed by atoms with Crippen LogP contribution >= 0.6 is 23.2 Å². The van der Waals surface area contributed by atoms with Gasteiger partial charge in [-0.3, -0.25) is 9.89 Å². The van der Waals surface area contributed by atoms with Crippen LogP contribution in [0.2, 0.25) is 10.0 Å². The maximum absolute atomic E-state index is 13.0. The molecule has 0 radical (unpaired) electrons. The van der Waals surface area contributed by atoms with Gasteiger partial charge in [0.1, 0.15) is 0 Å². The zero-order chi connectivity index (χ0) is 23.7. The Morgan fingerprint density at radius 3 is 2.45 bits per heavy atom. The van der Waals surface area contributed by atoms with Gasteiger partial charge in [-0.1, -0.05) is 29.3 Å². The minimum atomic E-state index is -0.140. The van der Waals surface area contributed by atoms with Crippen LogP contribution in [0.4, 0.5) is 10.5 Å². The summed E-state index contributed by atoms with van der Waals surface area (Å²) >= 11 is 12.3. The lowest BCUT2D eigenvalue weighted by Crippen LogP contribution is -2.47. The Labute approximate surface area is 204 Å². The molecule has 0 bridgehead atoms. The van der Waals surface area contributed by atoms with Gasteiger partial charge in [-0.2, -0.15) is 0 Å². The molecule has 0 atom stereocenters. The first-order valence-corrected chi connectivity index (χ1v) is 11.8. The molecule has 0 unspecified atom stereocenters. The molecular formula is C25H28Cl2N4O2. The Bertz CT molecular complexity index is 1100. The largest absolute Gasteiger partial charge is 0.505 e. The number of phenols is 1.